The molecule has 0 bridgehead atoms. The SMILES string of the molecule is CNC(=O)c1ccc2c(c1)CCO[C@H]2CCOc1ccc2cnc(N[C@H]3CC[C@H](O)CC3)nc2c1. The third kappa shape index (κ3) is 5.55. The van der Waals surface area contributed by atoms with Crippen LogP contribution in [0.5, 0.6) is 5.75 Å². The van der Waals surface area contributed by atoms with Crippen molar-refractivity contribution in [1.29, 1.82) is 0 Å². The van der Waals surface area contributed by atoms with Crippen molar-refractivity contribution in [3.63, 3.8) is 0 Å². The van der Waals surface area contributed by atoms with Crippen LogP contribution in [0.3, 0.4) is 0 Å². The number of benzene rings is 2. The molecule has 0 radical (unpaired) electrons. The van der Waals surface area contributed by atoms with Gasteiger partial charge in [-0.1, -0.05) is 6.07 Å². The summed E-state index contributed by atoms with van der Waals surface area (Å²) < 4.78 is 12.1. The number of fused-ring (bicyclic) bond motifs is 2. The van der Waals surface area contributed by atoms with Crippen molar-refractivity contribution in [1.82, 2.24) is 15.3 Å². The van der Waals surface area contributed by atoms with Gasteiger partial charge in [0.1, 0.15) is 5.75 Å². The number of rotatable bonds is 7. The molecule has 8 nitrogen and oxygen atoms in total. The van der Waals surface area contributed by atoms with Gasteiger partial charge in [-0.05, 0) is 67.5 Å². The molecule has 1 aliphatic heterocycles. The summed E-state index contributed by atoms with van der Waals surface area (Å²) in [6, 6.07) is 12.0. The predicted molar refractivity (Wildman–Crippen MR) is 134 cm³/mol. The molecule has 2 aromatic carbocycles. The fourth-order valence-electron chi connectivity index (χ4n) is 4.91. The van der Waals surface area contributed by atoms with E-state index in [2.05, 4.69) is 20.6 Å². The number of aromatic nitrogens is 2. The molecule has 0 saturated heterocycles. The Morgan fingerprint density at radius 1 is 1.17 bits per heavy atom. The summed E-state index contributed by atoms with van der Waals surface area (Å²) in [5.74, 6) is 1.29. The number of ether oxygens (including phenoxy) is 2. The molecular weight excluding hydrogens is 444 g/mol. The normalized spacial score (nSPS) is 21.8. The molecule has 1 amide bonds. The molecule has 0 unspecified atom stereocenters. The Morgan fingerprint density at radius 3 is 2.86 bits per heavy atom. The highest BCUT2D eigenvalue weighted by Crippen LogP contribution is 2.31. The molecule has 8 heteroatoms. The van der Waals surface area contributed by atoms with Gasteiger partial charge in [-0.25, -0.2) is 9.97 Å². The Bertz CT molecular complexity index is 1190. The standard InChI is InChI=1S/C27H32N4O4/c1-28-26(33)18-3-9-23-17(14-18)10-12-35-25(23)11-13-34-22-8-2-19-16-29-27(31-24(19)15-22)30-20-4-6-21(32)7-5-20/h2-3,8-9,14-16,20-21,25,32H,4-7,10-13H2,1H3,(H,28,33)(H,29,30,31)/t20-,21-,25-/m0/s1. The van der Waals surface area contributed by atoms with Gasteiger partial charge in [0.05, 0.1) is 30.9 Å². The van der Waals surface area contributed by atoms with Crippen molar-refractivity contribution in [2.45, 2.75) is 56.8 Å². The van der Waals surface area contributed by atoms with E-state index in [0.29, 0.717) is 37.2 Å². The van der Waals surface area contributed by atoms with Gasteiger partial charge in [0.15, 0.2) is 0 Å². The maximum absolute atomic E-state index is 12.0. The van der Waals surface area contributed by atoms with Crippen LogP contribution in [0.1, 0.15) is 59.7 Å². The second-order valence-electron chi connectivity index (χ2n) is 9.30. The van der Waals surface area contributed by atoms with Gasteiger partial charge in [0, 0.05) is 42.7 Å². The van der Waals surface area contributed by atoms with E-state index in [0.717, 1.165) is 59.9 Å². The number of hydrogen-bond acceptors (Lipinski definition) is 7. The van der Waals surface area contributed by atoms with Crippen LogP contribution in [0.15, 0.2) is 42.6 Å². The molecule has 184 valence electrons. The Morgan fingerprint density at radius 2 is 2.03 bits per heavy atom. The highest BCUT2D eigenvalue weighted by Gasteiger charge is 2.22. The number of aliphatic hydroxyl groups is 1. The minimum absolute atomic E-state index is 0.0508. The van der Waals surface area contributed by atoms with Gasteiger partial charge < -0.3 is 25.2 Å². The quantitative estimate of drug-likeness (QED) is 0.476. The highest BCUT2D eigenvalue weighted by atomic mass is 16.5. The summed E-state index contributed by atoms with van der Waals surface area (Å²) in [4.78, 5) is 21.1. The molecular formula is C27H32N4O4. The van der Waals surface area contributed by atoms with Crippen molar-refractivity contribution in [3.05, 3.63) is 59.3 Å². The van der Waals surface area contributed by atoms with E-state index in [4.69, 9.17) is 9.47 Å². The molecule has 1 aliphatic carbocycles. The Labute approximate surface area is 205 Å². The summed E-state index contributed by atoms with van der Waals surface area (Å²) in [6.45, 7) is 1.14. The number of nitrogens with one attached hydrogen (secondary N) is 2. The van der Waals surface area contributed by atoms with E-state index in [1.165, 1.54) is 0 Å². The minimum atomic E-state index is -0.183. The topological polar surface area (TPSA) is 106 Å². The van der Waals surface area contributed by atoms with Gasteiger partial charge in [-0.3, -0.25) is 4.79 Å². The fraction of sp³-hybridized carbons (Fsp3) is 0.444. The van der Waals surface area contributed by atoms with E-state index >= 15 is 0 Å². The number of nitrogens with zero attached hydrogens (tertiary/aromatic N) is 2. The number of carbonyl (C=O) groups is 1. The van der Waals surface area contributed by atoms with Gasteiger partial charge >= 0.3 is 0 Å². The molecule has 2 aliphatic rings. The van der Waals surface area contributed by atoms with Gasteiger partial charge in [0.25, 0.3) is 5.91 Å². The fourth-order valence-corrected chi connectivity index (χ4v) is 4.91. The minimum Gasteiger partial charge on any atom is -0.493 e. The monoisotopic (exact) mass is 476 g/mol. The van der Waals surface area contributed by atoms with Crippen LogP contribution in [0.2, 0.25) is 0 Å². The van der Waals surface area contributed by atoms with Crippen molar-refractivity contribution >= 4 is 22.8 Å². The Kier molecular flexibility index (Phi) is 7.11. The van der Waals surface area contributed by atoms with Crippen LogP contribution >= 0.6 is 0 Å². The summed E-state index contributed by atoms with van der Waals surface area (Å²) in [7, 11) is 1.64. The second kappa shape index (κ2) is 10.6. The molecule has 3 aromatic rings. The first-order chi connectivity index (χ1) is 17.1. The van der Waals surface area contributed by atoms with E-state index in [-0.39, 0.29) is 18.1 Å². The molecule has 1 aromatic heterocycles. The third-order valence-corrected chi connectivity index (χ3v) is 6.90. The molecule has 5 rings (SSSR count). The number of hydrogen-bond donors (Lipinski definition) is 3. The summed E-state index contributed by atoms with van der Waals surface area (Å²) in [5, 5.41) is 16.8. The number of anilines is 1. The van der Waals surface area contributed by atoms with Crippen molar-refractivity contribution in [3.8, 4) is 5.75 Å². The van der Waals surface area contributed by atoms with Gasteiger partial charge in [0.2, 0.25) is 5.95 Å². The van der Waals surface area contributed by atoms with E-state index in [1.54, 1.807) is 7.05 Å². The molecule has 1 saturated carbocycles. The van der Waals surface area contributed by atoms with Gasteiger partial charge in [-0.2, -0.15) is 0 Å². The summed E-state index contributed by atoms with van der Waals surface area (Å²) in [6.07, 6.45) is 6.58. The van der Waals surface area contributed by atoms with Crippen LogP contribution in [-0.4, -0.2) is 53.4 Å². The van der Waals surface area contributed by atoms with Crippen LogP contribution in [0.4, 0.5) is 5.95 Å². The van der Waals surface area contributed by atoms with E-state index in [9.17, 15) is 9.90 Å². The zero-order chi connectivity index (χ0) is 24.2. The maximum atomic E-state index is 12.0. The smallest absolute Gasteiger partial charge is 0.251 e. The zero-order valence-corrected chi connectivity index (χ0v) is 20.0. The second-order valence-corrected chi connectivity index (χ2v) is 9.30. The predicted octanol–water partition coefficient (Wildman–Crippen LogP) is 3.79. The summed E-state index contributed by atoms with van der Waals surface area (Å²) in [5.41, 5.74) is 3.80. The van der Waals surface area contributed by atoms with Gasteiger partial charge in [-0.15, -0.1) is 0 Å². The highest BCUT2D eigenvalue weighted by molar-refractivity contribution is 5.94. The lowest BCUT2D eigenvalue weighted by molar-refractivity contribution is 0.0276. The van der Waals surface area contributed by atoms with Crippen LogP contribution in [0, 0.1) is 0 Å². The van der Waals surface area contributed by atoms with Crippen LogP contribution < -0.4 is 15.4 Å². The van der Waals surface area contributed by atoms with Crippen molar-refractivity contribution < 1.29 is 19.4 Å². The molecule has 2 heterocycles. The first kappa shape index (κ1) is 23.5. The third-order valence-electron chi connectivity index (χ3n) is 6.90. The number of carbonyl (C=O) groups excluding carboxylic acids is 1. The molecule has 1 fully saturated rings. The number of amides is 1. The van der Waals surface area contributed by atoms with Crippen molar-refractivity contribution in [2.75, 3.05) is 25.6 Å². The van der Waals surface area contributed by atoms with Crippen LogP contribution in [-0.2, 0) is 11.2 Å². The maximum Gasteiger partial charge on any atom is 0.251 e. The summed E-state index contributed by atoms with van der Waals surface area (Å²) >= 11 is 0. The molecule has 3 N–H and O–H groups in total. The largest absolute Gasteiger partial charge is 0.493 e. The van der Waals surface area contributed by atoms with Crippen LogP contribution in [0.25, 0.3) is 10.9 Å². The molecule has 35 heavy (non-hydrogen) atoms. The zero-order valence-electron chi connectivity index (χ0n) is 20.0. The van der Waals surface area contributed by atoms with Crippen molar-refractivity contribution in [2.24, 2.45) is 0 Å². The van der Waals surface area contributed by atoms with E-state index in [1.807, 2.05) is 42.6 Å². The lowest BCUT2D eigenvalue weighted by atomic mass is 9.93. The molecule has 1 atom stereocenters. The first-order valence-electron chi connectivity index (χ1n) is 12.4. The first-order valence-corrected chi connectivity index (χ1v) is 12.4. The molecule has 0 spiro atoms. The lowest BCUT2D eigenvalue weighted by Crippen LogP contribution is -2.28. The lowest BCUT2D eigenvalue weighted by Gasteiger charge is -2.26. The number of aliphatic hydroxyl groups excluding tert-OH is 1. The van der Waals surface area contributed by atoms with E-state index < -0.39 is 0 Å². The Hall–Kier alpha value is -3.23. The average Bonchev–Trinajstić information content (AvgIpc) is 2.89. The average molecular weight is 477 g/mol. The Balaban J connectivity index is 1.21.